The summed E-state index contributed by atoms with van der Waals surface area (Å²) in [4.78, 5) is 23.8. The second kappa shape index (κ2) is 7.82. The van der Waals surface area contributed by atoms with Crippen LogP contribution in [-0.4, -0.2) is 39.7 Å². The van der Waals surface area contributed by atoms with Crippen molar-refractivity contribution in [3.8, 4) is 23.0 Å². The average molecular weight is 370 g/mol. The molecule has 0 saturated heterocycles. The van der Waals surface area contributed by atoms with Crippen LogP contribution in [0.2, 0.25) is 0 Å². The largest absolute Gasteiger partial charge is 0.497 e. The number of ether oxygens (including phenoxy) is 5. The highest BCUT2D eigenvalue weighted by Crippen LogP contribution is 2.36. The molecule has 7 nitrogen and oxygen atoms in total. The van der Waals surface area contributed by atoms with Gasteiger partial charge in [0.2, 0.25) is 5.78 Å². The predicted octanol–water partition coefficient (Wildman–Crippen LogP) is 2.87. The number of Topliss-reactive ketones (excluding diaryl/α,β-unsaturated/α-hetero) is 1. The smallest absolute Gasteiger partial charge is 0.343 e. The van der Waals surface area contributed by atoms with Crippen LogP contribution in [0.4, 0.5) is 0 Å². The highest BCUT2D eigenvalue weighted by molar-refractivity contribution is 6.14. The van der Waals surface area contributed by atoms with Crippen LogP contribution in [0.3, 0.4) is 0 Å². The number of fused-ring (bicyclic) bond motifs is 1. The predicted molar refractivity (Wildman–Crippen MR) is 96.4 cm³/mol. The number of hydrogen-bond acceptors (Lipinski definition) is 7. The van der Waals surface area contributed by atoms with Crippen LogP contribution in [-0.2, 0) is 9.53 Å². The number of esters is 1. The molecule has 0 fully saturated rings. The zero-order valence-corrected chi connectivity index (χ0v) is 15.1. The lowest BCUT2D eigenvalue weighted by atomic mass is 10.1. The fraction of sp³-hybridized carbons (Fsp3) is 0.200. The van der Waals surface area contributed by atoms with Crippen molar-refractivity contribution < 1.29 is 33.3 Å². The monoisotopic (exact) mass is 370 g/mol. The number of carbonyl (C=O) groups is 2. The van der Waals surface area contributed by atoms with E-state index >= 15 is 0 Å². The van der Waals surface area contributed by atoms with Gasteiger partial charge >= 0.3 is 5.97 Å². The Morgan fingerprint density at radius 3 is 2.52 bits per heavy atom. The molecule has 2 aromatic carbocycles. The Bertz CT molecular complexity index is 915. The van der Waals surface area contributed by atoms with Crippen LogP contribution in [0.5, 0.6) is 23.0 Å². The molecule has 7 heteroatoms. The van der Waals surface area contributed by atoms with Crippen molar-refractivity contribution in [2.24, 2.45) is 0 Å². The van der Waals surface area contributed by atoms with Gasteiger partial charge in [0.1, 0.15) is 23.0 Å². The van der Waals surface area contributed by atoms with Gasteiger partial charge in [-0.25, -0.2) is 4.79 Å². The van der Waals surface area contributed by atoms with Crippen molar-refractivity contribution >= 4 is 17.8 Å². The van der Waals surface area contributed by atoms with E-state index in [1.807, 2.05) is 0 Å². The number of methoxy groups -OCH3 is 3. The molecule has 1 heterocycles. The minimum Gasteiger partial charge on any atom is -0.497 e. The molecule has 0 bridgehead atoms. The summed E-state index contributed by atoms with van der Waals surface area (Å²) in [5, 5.41) is 0. The maximum Gasteiger partial charge on any atom is 0.343 e. The number of hydrogen-bond donors (Lipinski definition) is 0. The lowest BCUT2D eigenvalue weighted by molar-refractivity contribution is -0.142. The summed E-state index contributed by atoms with van der Waals surface area (Å²) in [6.07, 6.45) is 1.60. The maximum absolute atomic E-state index is 12.6. The summed E-state index contributed by atoms with van der Waals surface area (Å²) in [5.41, 5.74) is 1.06. The second-order valence-corrected chi connectivity index (χ2v) is 5.57. The molecule has 0 spiro atoms. The molecule has 140 valence electrons. The molecule has 0 unspecified atom stereocenters. The molecule has 0 atom stereocenters. The highest BCUT2D eigenvalue weighted by atomic mass is 16.6. The van der Waals surface area contributed by atoms with Crippen LogP contribution < -0.4 is 18.9 Å². The third-order valence-corrected chi connectivity index (χ3v) is 3.95. The first-order chi connectivity index (χ1) is 13.0. The van der Waals surface area contributed by atoms with Crippen molar-refractivity contribution in [1.29, 1.82) is 0 Å². The molecule has 3 rings (SSSR count). The zero-order valence-electron chi connectivity index (χ0n) is 15.1. The average Bonchev–Trinajstić information content (AvgIpc) is 3.00. The summed E-state index contributed by atoms with van der Waals surface area (Å²) in [5.74, 6) is 1.36. The van der Waals surface area contributed by atoms with Gasteiger partial charge in [-0.15, -0.1) is 0 Å². The van der Waals surface area contributed by atoms with E-state index in [9.17, 15) is 9.59 Å². The molecule has 0 radical (unpaired) electrons. The van der Waals surface area contributed by atoms with E-state index in [1.165, 1.54) is 7.11 Å². The molecule has 2 aromatic rings. The van der Waals surface area contributed by atoms with Crippen molar-refractivity contribution in [3.63, 3.8) is 0 Å². The van der Waals surface area contributed by atoms with Gasteiger partial charge in [0.25, 0.3) is 0 Å². The Balaban J connectivity index is 1.86. The van der Waals surface area contributed by atoms with E-state index in [0.29, 0.717) is 34.1 Å². The minimum atomic E-state index is -0.502. The van der Waals surface area contributed by atoms with Crippen LogP contribution >= 0.6 is 0 Å². The molecule has 0 saturated carbocycles. The fourth-order valence-electron chi connectivity index (χ4n) is 2.55. The Kier molecular flexibility index (Phi) is 5.30. The first kappa shape index (κ1) is 18.3. The minimum absolute atomic E-state index is 0.154. The molecule has 1 aliphatic heterocycles. The first-order valence-corrected chi connectivity index (χ1v) is 8.05. The van der Waals surface area contributed by atoms with Crippen molar-refractivity contribution in [2.45, 2.75) is 0 Å². The summed E-state index contributed by atoms with van der Waals surface area (Å²) in [7, 11) is 4.38. The third kappa shape index (κ3) is 3.87. The number of ketones is 1. The van der Waals surface area contributed by atoms with Crippen LogP contribution in [0.25, 0.3) is 6.08 Å². The fourth-order valence-corrected chi connectivity index (χ4v) is 2.55. The zero-order chi connectivity index (χ0) is 19.4. The van der Waals surface area contributed by atoms with Gasteiger partial charge < -0.3 is 23.7 Å². The normalized spacial score (nSPS) is 13.7. The van der Waals surface area contributed by atoms with Gasteiger partial charge in [-0.2, -0.15) is 0 Å². The Labute approximate surface area is 156 Å². The lowest BCUT2D eigenvalue weighted by Gasteiger charge is -2.08. The Hall–Kier alpha value is -3.48. The molecule has 1 aliphatic rings. The summed E-state index contributed by atoms with van der Waals surface area (Å²) >= 11 is 0. The van der Waals surface area contributed by atoms with E-state index in [0.717, 1.165) is 0 Å². The van der Waals surface area contributed by atoms with E-state index in [4.69, 9.17) is 18.9 Å². The SMILES string of the molecule is COC(=O)COc1ccc2c(c1)OC(=Cc1cc(OC)ccc1OC)C2=O. The van der Waals surface area contributed by atoms with Crippen molar-refractivity contribution in [2.75, 3.05) is 27.9 Å². The summed E-state index contributed by atoms with van der Waals surface area (Å²) < 4.78 is 26.1. The molecule has 0 N–H and O–H groups in total. The van der Waals surface area contributed by atoms with Crippen molar-refractivity contribution in [1.82, 2.24) is 0 Å². The van der Waals surface area contributed by atoms with Gasteiger partial charge in [0.05, 0.1) is 26.9 Å². The third-order valence-electron chi connectivity index (χ3n) is 3.95. The number of carbonyl (C=O) groups excluding carboxylic acids is 2. The molecule has 27 heavy (non-hydrogen) atoms. The molecule has 0 aromatic heterocycles. The van der Waals surface area contributed by atoms with Crippen molar-refractivity contribution in [3.05, 3.63) is 53.3 Å². The van der Waals surface area contributed by atoms with Crippen LogP contribution in [0.1, 0.15) is 15.9 Å². The van der Waals surface area contributed by atoms with E-state index in [-0.39, 0.29) is 18.1 Å². The van der Waals surface area contributed by atoms with Gasteiger partial charge in [-0.1, -0.05) is 0 Å². The standard InChI is InChI=1S/C20H18O7/c1-23-13-5-7-16(24-2)12(8-13)9-18-20(22)15-6-4-14(10-17(15)27-18)26-11-19(21)25-3/h4-10H,11H2,1-3H3. The van der Waals surface area contributed by atoms with Gasteiger partial charge in [-0.05, 0) is 36.4 Å². The number of allylic oxidation sites excluding steroid dienone is 1. The summed E-state index contributed by atoms with van der Waals surface area (Å²) in [6, 6.07) is 10.00. The number of rotatable bonds is 6. The van der Waals surface area contributed by atoms with E-state index < -0.39 is 5.97 Å². The quantitative estimate of drug-likeness (QED) is 0.571. The number of benzene rings is 2. The van der Waals surface area contributed by atoms with Gasteiger partial charge in [0, 0.05) is 11.6 Å². The molecule has 0 amide bonds. The van der Waals surface area contributed by atoms with Gasteiger partial charge in [0.15, 0.2) is 12.4 Å². The summed E-state index contributed by atoms with van der Waals surface area (Å²) in [6.45, 7) is -0.229. The highest BCUT2D eigenvalue weighted by Gasteiger charge is 2.28. The molecular formula is C20H18O7. The van der Waals surface area contributed by atoms with Crippen LogP contribution in [0, 0.1) is 0 Å². The Morgan fingerprint density at radius 2 is 1.81 bits per heavy atom. The first-order valence-electron chi connectivity index (χ1n) is 8.05. The van der Waals surface area contributed by atoms with Crippen LogP contribution in [0.15, 0.2) is 42.2 Å². The van der Waals surface area contributed by atoms with E-state index in [1.54, 1.807) is 56.7 Å². The topological polar surface area (TPSA) is 80.3 Å². The van der Waals surface area contributed by atoms with E-state index in [2.05, 4.69) is 4.74 Å². The lowest BCUT2D eigenvalue weighted by Crippen LogP contribution is -2.12. The maximum atomic E-state index is 12.6. The van der Waals surface area contributed by atoms with Gasteiger partial charge in [-0.3, -0.25) is 4.79 Å². The second-order valence-electron chi connectivity index (χ2n) is 5.57. The molecule has 0 aliphatic carbocycles. The Morgan fingerprint density at radius 1 is 1.04 bits per heavy atom. The molecular weight excluding hydrogens is 352 g/mol.